The summed E-state index contributed by atoms with van der Waals surface area (Å²) in [6.07, 6.45) is 9.46. The molecule has 6 nitrogen and oxygen atoms in total. The van der Waals surface area contributed by atoms with Gasteiger partial charge in [-0.2, -0.15) is 8.42 Å². The van der Waals surface area contributed by atoms with Crippen LogP contribution in [0.25, 0.3) is 0 Å². The molecule has 1 rings (SSSR count). The lowest BCUT2D eigenvalue weighted by molar-refractivity contribution is -0.121. The van der Waals surface area contributed by atoms with Crippen molar-refractivity contribution >= 4 is 32.5 Å². The SMILES string of the molecule is CCCCC[C@@H](C=CC1C(O[Si](C)(C)C(C)(C)C)CC(=O)C1COS(C)(=O)=O)O[Si](C)(C)C(C)(C)C. The van der Waals surface area contributed by atoms with Crippen LogP contribution in [0.5, 0.6) is 0 Å². The van der Waals surface area contributed by atoms with E-state index in [0.717, 1.165) is 31.9 Å². The fraction of sp³-hybridized carbons (Fsp3) is 0.889. The van der Waals surface area contributed by atoms with Gasteiger partial charge in [0.25, 0.3) is 10.1 Å². The fourth-order valence-electron chi connectivity index (χ4n) is 3.89. The number of carbonyl (C=O) groups is 1. The van der Waals surface area contributed by atoms with Crippen molar-refractivity contribution in [1.29, 1.82) is 0 Å². The molecule has 0 radical (unpaired) electrons. The molecule has 1 aliphatic rings. The molecule has 4 atom stereocenters. The van der Waals surface area contributed by atoms with Crippen LogP contribution in [0.15, 0.2) is 12.2 Å². The third-order valence-corrected chi connectivity index (χ3v) is 17.9. The number of ketones is 1. The Hall–Kier alpha value is -0.326. The van der Waals surface area contributed by atoms with E-state index in [1.54, 1.807) is 0 Å². The van der Waals surface area contributed by atoms with E-state index in [1.165, 1.54) is 0 Å². The van der Waals surface area contributed by atoms with Crippen molar-refractivity contribution in [3.8, 4) is 0 Å². The minimum atomic E-state index is -3.65. The number of rotatable bonds is 13. The van der Waals surface area contributed by atoms with Crippen LogP contribution in [0, 0.1) is 11.8 Å². The van der Waals surface area contributed by atoms with Crippen LogP contribution in [0.3, 0.4) is 0 Å². The zero-order chi connectivity index (χ0) is 28.2. The Morgan fingerprint density at radius 2 is 1.56 bits per heavy atom. The van der Waals surface area contributed by atoms with Crippen LogP contribution < -0.4 is 0 Å². The Kier molecular flexibility index (Phi) is 11.9. The van der Waals surface area contributed by atoms with E-state index in [1.807, 2.05) is 0 Å². The Labute approximate surface area is 224 Å². The van der Waals surface area contributed by atoms with Crippen molar-refractivity contribution in [1.82, 2.24) is 0 Å². The van der Waals surface area contributed by atoms with Gasteiger partial charge in [-0.1, -0.05) is 79.9 Å². The molecule has 9 heteroatoms. The molecule has 3 unspecified atom stereocenters. The van der Waals surface area contributed by atoms with Gasteiger partial charge >= 0.3 is 0 Å². The van der Waals surface area contributed by atoms with Crippen molar-refractivity contribution in [2.75, 3.05) is 12.9 Å². The summed E-state index contributed by atoms with van der Waals surface area (Å²) in [6.45, 7) is 24.2. The van der Waals surface area contributed by atoms with E-state index in [-0.39, 0.29) is 47.0 Å². The lowest BCUT2D eigenvalue weighted by Gasteiger charge is -2.40. The number of carbonyl (C=O) groups excluding carboxylic acids is 1. The summed E-state index contributed by atoms with van der Waals surface area (Å²) >= 11 is 0. The first-order valence-electron chi connectivity index (χ1n) is 13.5. The maximum absolute atomic E-state index is 13.1. The molecule has 0 N–H and O–H groups in total. The highest BCUT2D eigenvalue weighted by Gasteiger charge is 2.47. The standard InChI is InChI=1S/C27H54O6SSi2/c1-13-14-15-16-21(32-35(9,10)26(2,3)4)17-18-22-23(20-31-34(8,29)30)24(28)19-25(22)33-36(11,12)27(5,6)7/h17-18,21-23,25H,13-16,19-20H2,1-12H3/t21-,22?,23?,25?/m0/s1. The number of hydrogen-bond donors (Lipinski definition) is 0. The third-order valence-electron chi connectivity index (χ3n) is 8.32. The molecule has 1 fully saturated rings. The molecular weight excluding hydrogens is 509 g/mol. The molecule has 1 aliphatic carbocycles. The molecular formula is C27H54O6SSi2. The quantitative estimate of drug-likeness (QED) is 0.103. The van der Waals surface area contributed by atoms with Crippen molar-refractivity contribution in [2.45, 2.75) is 129 Å². The third kappa shape index (κ3) is 10.1. The fourth-order valence-corrected chi connectivity index (χ4v) is 6.94. The van der Waals surface area contributed by atoms with E-state index in [9.17, 15) is 13.2 Å². The molecule has 1 saturated carbocycles. The molecule has 0 spiro atoms. The molecule has 0 heterocycles. The first-order chi connectivity index (χ1) is 16.1. The van der Waals surface area contributed by atoms with E-state index < -0.39 is 32.7 Å². The molecule has 212 valence electrons. The Morgan fingerprint density at radius 3 is 2.03 bits per heavy atom. The van der Waals surface area contributed by atoms with Gasteiger partial charge in [-0.3, -0.25) is 8.98 Å². The summed E-state index contributed by atoms with van der Waals surface area (Å²) < 4.78 is 42.1. The van der Waals surface area contributed by atoms with Crippen LogP contribution in [0.1, 0.15) is 80.6 Å². The van der Waals surface area contributed by atoms with Gasteiger partial charge in [0.1, 0.15) is 5.78 Å². The summed E-state index contributed by atoms with van der Waals surface area (Å²) in [7, 11) is -7.80. The normalized spacial score (nSPS) is 23.6. The second-order valence-electron chi connectivity index (χ2n) is 13.6. The van der Waals surface area contributed by atoms with E-state index >= 15 is 0 Å². The number of unbranched alkanes of at least 4 members (excludes halogenated alkanes) is 2. The predicted octanol–water partition coefficient (Wildman–Crippen LogP) is 7.09. The Bertz CT molecular complexity index is 852. The maximum atomic E-state index is 13.1. The van der Waals surface area contributed by atoms with Crippen LogP contribution in [0.2, 0.25) is 36.3 Å². The predicted molar refractivity (Wildman–Crippen MR) is 155 cm³/mol. The summed E-state index contributed by atoms with van der Waals surface area (Å²) in [4.78, 5) is 13.1. The van der Waals surface area contributed by atoms with Gasteiger partial charge in [-0.05, 0) is 42.7 Å². The lowest BCUT2D eigenvalue weighted by Crippen LogP contribution is -2.45. The van der Waals surface area contributed by atoms with Gasteiger partial charge in [0.2, 0.25) is 0 Å². The van der Waals surface area contributed by atoms with E-state index in [2.05, 4.69) is 86.8 Å². The molecule has 0 aromatic rings. The molecule has 0 amide bonds. The Balaban J connectivity index is 3.31. The highest BCUT2D eigenvalue weighted by molar-refractivity contribution is 7.85. The van der Waals surface area contributed by atoms with E-state index in [4.69, 9.17) is 13.0 Å². The molecule has 36 heavy (non-hydrogen) atoms. The molecule has 0 aliphatic heterocycles. The van der Waals surface area contributed by atoms with Crippen molar-refractivity contribution in [3.05, 3.63) is 12.2 Å². The summed E-state index contributed by atoms with van der Waals surface area (Å²) in [5.74, 6) is -0.787. The second kappa shape index (κ2) is 12.7. The lowest BCUT2D eigenvalue weighted by atomic mass is 9.94. The topological polar surface area (TPSA) is 78.9 Å². The van der Waals surface area contributed by atoms with Crippen LogP contribution in [0.4, 0.5) is 0 Å². The van der Waals surface area contributed by atoms with Gasteiger partial charge in [0.05, 0.1) is 31.0 Å². The largest absolute Gasteiger partial charge is 0.413 e. The van der Waals surface area contributed by atoms with Gasteiger partial charge in [-0.25, -0.2) is 0 Å². The first-order valence-corrected chi connectivity index (χ1v) is 21.2. The highest BCUT2D eigenvalue weighted by atomic mass is 32.2. The molecule has 0 aromatic carbocycles. The zero-order valence-electron chi connectivity index (χ0n) is 25.1. The number of Topliss-reactive ketones (excluding diaryl/α,β-unsaturated/α-hetero) is 1. The van der Waals surface area contributed by atoms with Crippen LogP contribution in [-0.4, -0.2) is 55.9 Å². The summed E-state index contributed by atoms with van der Waals surface area (Å²) in [5, 5.41) is 0.0901. The summed E-state index contributed by atoms with van der Waals surface area (Å²) in [6, 6.07) is 0. The van der Waals surface area contributed by atoms with Crippen molar-refractivity contribution < 1.29 is 26.2 Å². The molecule has 0 saturated heterocycles. The zero-order valence-corrected chi connectivity index (χ0v) is 27.9. The smallest absolute Gasteiger partial charge is 0.264 e. The first kappa shape index (κ1) is 33.7. The van der Waals surface area contributed by atoms with Crippen LogP contribution in [-0.2, 0) is 27.9 Å². The van der Waals surface area contributed by atoms with Gasteiger partial charge in [0, 0.05) is 12.3 Å². The monoisotopic (exact) mass is 562 g/mol. The van der Waals surface area contributed by atoms with Gasteiger partial charge in [0.15, 0.2) is 16.6 Å². The average molecular weight is 563 g/mol. The highest BCUT2D eigenvalue weighted by Crippen LogP contribution is 2.43. The van der Waals surface area contributed by atoms with Crippen molar-refractivity contribution in [2.24, 2.45) is 11.8 Å². The molecule has 0 aromatic heterocycles. The van der Waals surface area contributed by atoms with Crippen molar-refractivity contribution in [3.63, 3.8) is 0 Å². The van der Waals surface area contributed by atoms with Gasteiger partial charge < -0.3 is 8.85 Å². The maximum Gasteiger partial charge on any atom is 0.264 e. The Morgan fingerprint density at radius 1 is 1.00 bits per heavy atom. The van der Waals surface area contributed by atoms with E-state index in [0.29, 0.717) is 0 Å². The second-order valence-corrected chi connectivity index (χ2v) is 24.7. The molecule has 0 bridgehead atoms. The average Bonchev–Trinajstić information content (AvgIpc) is 2.95. The van der Waals surface area contributed by atoms with Gasteiger partial charge in [-0.15, -0.1) is 0 Å². The number of hydrogen-bond acceptors (Lipinski definition) is 6. The minimum Gasteiger partial charge on any atom is -0.413 e. The summed E-state index contributed by atoms with van der Waals surface area (Å²) in [5.41, 5.74) is 0. The van der Waals surface area contributed by atoms with Crippen LogP contribution >= 0.6 is 0 Å². The minimum absolute atomic E-state index is 0.000210.